The van der Waals surface area contributed by atoms with Crippen LogP contribution in [0.5, 0.6) is 0 Å². The van der Waals surface area contributed by atoms with Crippen LogP contribution in [0.25, 0.3) is 0 Å². The van der Waals surface area contributed by atoms with Crippen molar-refractivity contribution in [3.63, 3.8) is 0 Å². The third kappa shape index (κ3) is 4.79. The number of hydrogen-bond donors (Lipinski definition) is 0. The van der Waals surface area contributed by atoms with Gasteiger partial charge in [0.25, 0.3) is 0 Å². The van der Waals surface area contributed by atoms with Gasteiger partial charge in [-0.1, -0.05) is 25.7 Å². The summed E-state index contributed by atoms with van der Waals surface area (Å²) >= 11 is 1.65. The van der Waals surface area contributed by atoms with Gasteiger partial charge < -0.3 is 4.74 Å². The molecule has 0 amide bonds. The first-order chi connectivity index (χ1) is 9.28. The van der Waals surface area contributed by atoms with E-state index in [1.165, 1.54) is 7.11 Å². The Hall–Kier alpha value is -1.07. The third-order valence-corrected chi connectivity index (χ3v) is 4.63. The van der Waals surface area contributed by atoms with E-state index in [2.05, 4.69) is 19.6 Å². The van der Waals surface area contributed by atoms with E-state index in [9.17, 15) is 4.79 Å². The number of thioether (sulfide) groups is 1. The zero-order chi connectivity index (χ0) is 15.3. The first-order valence-electron chi connectivity index (χ1n) is 6.56. The minimum absolute atomic E-state index is 0.293. The van der Waals surface area contributed by atoms with E-state index in [1.54, 1.807) is 11.8 Å². The highest BCUT2D eigenvalue weighted by molar-refractivity contribution is 8.13. The normalized spacial score (nSPS) is 12.4. The summed E-state index contributed by atoms with van der Waals surface area (Å²) in [6, 6.07) is 5.77. The third-order valence-electron chi connectivity index (χ3n) is 2.77. The molecule has 1 aromatic rings. The molecule has 0 spiro atoms. The molecule has 0 unspecified atom stereocenters. The van der Waals surface area contributed by atoms with Crippen molar-refractivity contribution in [2.24, 2.45) is 4.99 Å². The molecule has 0 aliphatic rings. The summed E-state index contributed by atoms with van der Waals surface area (Å²) in [7, 11) is 0.209. The Balaban J connectivity index is 3.06. The Morgan fingerprint density at radius 1 is 1.35 bits per heavy atom. The second-order valence-electron chi connectivity index (χ2n) is 5.91. The Morgan fingerprint density at radius 2 is 2.00 bits per heavy atom. The molecule has 0 radical (unpaired) electrons. The minimum Gasteiger partial charge on any atom is -0.465 e. The van der Waals surface area contributed by atoms with Crippen molar-refractivity contribution in [3.8, 4) is 0 Å². The smallest absolute Gasteiger partial charge is 0.338 e. The van der Waals surface area contributed by atoms with Gasteiger partial charge in [0.1, 0.15) is 0 Å². The molecular weight excluding hydrogens is 286 g/mol. The molecule has 110 valence electrons. The monoisotopic (exact) mass is 309 g/mol. The van der Waals surface area contributed by atoms with Crippen LogP contribution >= 0.6 is 11.8 Å². The van der Waals surface area contributed by atoms with Crippen LogP contribution in [-0.2, 0) is 4.74 Å². The fourth-order valence-electron chi connectivity index (χ4n) is 1.72. The average molecular weight is 310 g/mol. The average Bonchev–Trinajstić information content (AvgIpc) is 2.37. The summed E-state index contributed by atoms with van der Waals surface area (Å²) in [4.78, 5) is 16.3. The highest BCUT2D eigenvalue weighted by atomic mass is 32.2. The highest BCUT2D eigenvalue weighted by Gasteiger charge is 2.14. The summed E-state index contributed by atoms with van der Waals surface area (Å²) in [5.41, 5.74) is 2.60. The molecular formula is C15H23NO2SSi. The van der Waals surface area contributed by atoms with Crippen molar-refractivity contribution < 1.29 is 9.53 Å². The van der Waals surface area contributed by atoms with Gasteiger partial charge in [-0.05, 0) is 30.9 Å². The number of carbonyl (C=O) groups is 1. The number of aryl methyl sites for hydroxylation is 1. The predicted molar refractivity (Wildman–Crippen MR) is 90.8 cm³/mol. The van der Waals surface area contributed by atoms with Gasteiger partial charge in [0, 0.05) is 11.7 Å². The summed E-state index contributed by atoms with van der Waals surface area (Å²) in [5, 5.41) is 1.03. The quantitative estimate of drug-likeness (QED) is 0.368. The fourth-order valence-corrected chi connectivity index (χ4v) is 3.02. The van der Waals surface area contributed by atoms with Crippen LogP contribution in [0.2, 0.25) is 19.6 Å². The van der Waals surface area contributed by atoms with Gasteiger partial charge >= 0.3 is 5.97 Å². The fraction of sp³-hybridized carbons (Fsp3) is 0.467. The SMILES string of the molecule is COC(=O)c1ccc(/C(=N/C[Si](C)(C)C)SC)cc1C. The minimum atomic E-state index is -1.19. The molecule has 3 nitrogen and oxygen atoms in total. The molecule has 0 aliphatic heterocycles. The second kappa shape index (κ2) is 7.08. The molecule has 0 atom stereocenters. The maximum absolute atomic E-state index is 11.6. The lowest BCUT2D eigenvalue weighted by Gasteiger charge is -2.14. The lowest BCUT2D eigenvalue weighted by Crippen LogP contribution is -2.25. The Bertz CT molecular complexity index is 521. The Labute approximate surface area is 126 Å². The van der Waals surface area contributed by atoms with Gasteiger partial charge in [-0.15, -0.1) is 11.8 Å². The Morgan fingerprint density at radius 3 is 2.45 bits per heavy atom. The Kier molecular flexibility index (Phi) is 6.01. The number of esters is 1. The second-order valence-corrected chi connectivity index (χ2v) is 12.1. The van der Waals surface area contributed by atoms with Gasteiger partial charge in [0.15, 0.2) is 0 Å². The molecule has 0 bridgehead atoms. The topological polar surface area (TPSA) is 38.7 Å². The molecule has 0 fully saturated rings. The number of carbonyl (C=O) groups excluding carboxylic acids is 1. The van der Waals surface area contributed by atoms with Crippen LogP contribution in [0.1, 0.15) is 21.5 Å². The van der Waals surface area contributed by atoms with E-state index < -0.39 is 8.07 Å². The van der Waals surface area contributed by atoms with Gasteiger partial charge in [0.2, 0.25) is 0 Å². The van der Waals surface area contributed by atoms with Gasteiger partial charge in [0.05, 0.1) is 25.8 Å². The van der Waals surface area contributed by atoms with Crippen LogP contribution in [0.15, 0.2) is 23.2 Å². The van der Waals surface area contributed by atoms with E-state index in [4.69, 9.17) is 9.73 Å². The van der Waals surface area contributed by atoms with Crippen LogP contribution in [0.3, 0.4) is 0 Å². The van der Waals surface area contributed by atoms with E-state index in [-0.39, 0.29) is 5.97 Å². The number of aliphatic imine (C=N–C) groups is 1. The lowest BCUT2D eigenvalue weighted by atomic mass is 10.1. The maximum Gasteiger partial charge on any atom is 0.338 e. The zero-order valence-corrected chi connectivity index (χ0v) is 14.9. The summed E-state index contributed by atoms with van der Waals surface area (Å²) in [5.74, 6) is -0.293. The van der Waals surface area contributed by atoms with E-state index in [0.717, 1.165) is 22.3 Å². The molecule has 0 aromatic heterocycles. The number of methoxy groups -OCH3 is 1. The highest BCUT2D eigenvalue weighted by Crippen LogP contribution is 2.18. The zero-order valence-electron chi connectivity index (χ0n) is 13.1. The first kappa shape index (κ1) is 17.0. The molecule has 0 aliphatic carbocycles. The molecule has 1 aromatic carbocycles. The molecule has 0 N–H and O–H groups in total. The number of hydrogen-bond acceptors (Lipinski definition) is 4. The summed E-state index contributed by atoms with van der Waals surface area (Å²) in [6.07, 6.45) is 2.95. The van der Waals surface area contributed by atoms with Gasteiger partial charge in [-0.2, -0.15) is 0 Å². The van der Waals surface area contributed by atoms with Crippen LogP contribution in [0, 0.1) is 6.92 Å². The van der Waals surface area contributed by atoms with Crippen molar-refractivity contribution in [1.29, 1.82) is 0 Å². The molecule has 0 saturated carbocycles. The molecule has 5 heteroatoms. The number of benzene rings is 1. The molecule has 0 heterocycles. The van der Waals surface area contributed by atoms with Crippen molar-refractivity contribution in [1.82, 2.24) is 0 Å². The summed E-state index contributed by atoms with van der Waals surface area (Å²) < 4.78 is 4.77. The number of ether oxygens (including phenoxy) is 1. The number of nitrogens with zero attached hydrogens (tertiary/aromatic N) is 1. The van der Waals surface area contributed by atoms with Gasteiger partial charge in [-0.3, -0.25) is 4.99 Å². The van der Waals surface area contributed by atoms with Crippen molar-refractivity contribution in [3.05, 3.63) is 34.9 Å². The van der Waals surface area contributed by atoms with Crippen LogP contribution < -0.4 is 0 Å². The largest absolute Gasteiger partial charge is 0.465 e. The lowest BCUT2D eigenvalue weighted by molar-refractivity contribution is 0.0600. The molecule has 20 heavy (non-hydrogen) atoms. The first-order valence-corrected chi connectivity index (χ1v) is 11.5. The molecule has 0 saturated heterocycles. The van der Waals surface area contributed by atoms with Crippen molar-refractivity contribution in [2.75, 3.05) is 19.5 Å². The van der Waals surface area contributed by atoms with Crippen LogP contribution in [0.4, 0.5) is 0 Å². The van der Waals surface area contributed by atoms with Crippen molar-refractivity contribution in [2.45, 2.75) is 26.6 Å². The van der Waals surface area contributed by atoms with Crippen LogP contribution in [-0.4, -0.2) is 38.6 Å². The van der Waals surface area contributed by atoms with E-state index >= 15 is 0 Å². The molecule has 1 rings (SSSR count). The van der Waals surface area contributed by atoms with E-state index in [1.807, 2.05) is 31.4 Å². The predicted octanol–water partition coefficient (Wildman–Crippen LogP) is 3.77. The van der Waals surface area contributed by atoms with Gasteiger partial charge in [-0.25, -0.2) is 4.79 Å². The standard InChI is InChI=1S/C15H23NO2SSi/c1-11-9-12(7-8-13(11)15(17)18-2)14(19-3)16-10-20(4,5)6/h7-9H,10H2,1-6H3/b16-14-. The summed E-state index contributed by atoms with van der Waals surface area (Å²) in [6.45, 7) is 8.84. The maximum atomic E-state index is 11.6. The van der Waals surface area contributed by atoms with E-state index in [0.29, 0.717) is 5.56 Å². The number of rotatable bonds is 4. The van der Waals surface area contributed by atoms with Crippen molar-refractivity contribution >= 4 is 30.8 Å².